The molecule has 2 heterocycles. The van der Waals surface area contributed by atoms with Crippen LogP contribution in [0.2, 0.25) is 0 Å². The molecule has 114 valence electrons. The molecule has 1 fully saturated rings. The van der Waals surface area contributed by atoms with Gasteiger partial charge < -0.3 is 10.0 Å². The monoisotopic (exact) mass is 280 g/mol. The number of hydrogen-bond acceptors (Lipinski definition) is 4. The van der Waals surface area contributed by atoms with Crippen LogP contribution in [0.25, 0.3) is 0 Å². The van der Waals surface area contributed by atoms with Gasteiger partial charge in [0.25, 0.3) is 0 Å². The van der Waals surface area contributed by atoms with Crippen LogP contribution in [-0.2, 0) is 13.2 Å². The molecule has 1 aromatic rings. The average Bonchev–Trinajstić information content (AvgIpc) is 2.92. The molecule has 0 amide bonds. The van der Waals surface area contributed by atoms with Crippen LogP contribution in [0.3, 0.4) is 0 Å². The summed E-state index contributed by atoms with van der Waals surface area (Å²) in [6.45, 7) is 6.85. The lowest BCUT2D eigenvalue weighted by Crippen LogP contribution is -2.37. The number of likely N-dealkylation sites (tertiary alicyclic amines) is 1. The van der Waals surface area contributed by atoms with Gasteiger partial charge in [0, 0.05) is 13.1 Å². The third-order valence-corrected chi connectivity index (χ3v) is 4.12. The minimum atomic E-state index is -0.0196. The number of aromatic nitrogens is 3. The Bertz CT molecular complexity index is 380. The molecule has 0 radical (unpaired) electrons. The maximum atomic E-state index is 9.02. The van der Waals surface area contributed by atoms with Crippen molar-refractivity contribution in [2.45, 2.75) is 58.6 Å². The minimum absolute atomic E-state index is 0.0196. The summed E-state index contributed by atoms with van der Waals surface area (Å²) in [7, 11) is 0. The molecule has 0 aromatic carbocycles. The van der Waals surface area contributed by atoms with Crippen LogP contribution >= 0.6 is 0 Å². The summed E-state index contributed by atoms with van der Waals surface area (Å²) in [6.07, 6.45) is 9.79. The molecule has 1 aromatic heterocycles. The fourth-order valence-corrected chi connectivity index (χ4v) is 3.03. The van der Waals surface area contributed by atoms with Crippen LogP contribution in [0.4, 0.5) is 0 Å². The van der Waals surface area contributed by atoms with E-state index in [1.54, 1.807) is 0 Å². The summed E-state index contributed by atoms with van der Waals surface area (Å²) in [5, 5.41) is 17.0. The van der Waals surface area contributed by atoms with Gasteiger partial charge in [-0.25, -0.2) is 0 Å². The number of aliphatic hydroxyl groups is 1. The Balaban J connectivity index is 1.72. The molecule has 1 atom stereocenters. The molecular formula is C15H28N4O. The van der Waals surface area contributed by atoms with E-state index in [0.717, 1.165) is 6.54 Å². The van der Waals surface area contributed by atoms with Gasteiger partial charge in [-0.2, -0.15) is 0 Å². The van der Waals surface area contributed by atoms with E-state index in [9.17, 15) is 0 Å². The van der Waals surface area contributed by atoms with E-state index in [2.05, 4.69) is 22.1 Å². The molecule has 0 bridgehead atoms. The van der Waals surface area contributed by atoms with Crippen LogP contribution in [0, 0.1) is 5.92 Å². The lowest BCUT2D eigenvalue weighted by Gasteiger charge is -2.32. The van der Waals surface area contributed by atoms with E-state index in [0.29, 0.717) is 11.6 Å². The molecule has 1 aliphatic rings. The highest BCUT2D eigenvalue weighted by Gasteiger charge is 2.20. The predicted molar refractivity (Wildman–Crippen MR) is 79.3 cm³/mol. The highest BCUT2D eigenvalue weighted by Crippen LogP contribution is 2.18. The van der Waals surface area contributed by atoms with Gasteiger partial charge in [-0.05, 0) is 38.3 Å². The first-order valence-corrected chi connectivity index (χ1v) is 8.04. The van der Waals surface area contributed by atoms with E-state index in [1.807, 2.05) is 10.9 Å². The van der Waals surface area contributed by atoms with Crippen molar-refractivity contribution in [2.75, 3.05) is 19.6 Å². The standard InChI is InChI=1S/C15H28N4O/c1-2-3-4-5-8-18-9-6-7-14(10-18)11-19-12-15(13-20)16-17-19/h12,14,20H,2-11,13H2,1H3. The maximum Gasteiger partial charge on any atom is 0.108 e. The molecular weight excluding hydrogens is 252 g/mol. The van der Waals surface area contributed by atoms with E-state index in [-0.39, 0.29) is 6.61 Å². The molecule has 0 saturated carbocycles. The molecule has 1 saturated heterocycles. The maximum absolute atomic E-state index is 9.02. The topological polar surface area (TPSA) is 54.2 Å². The first-order chi connectivity index (χ1) is 9.81. The van der Waals surface area contributed by atoms with Crippen LogP contribution in [0.5, 0.6) is 0 Å². The van der Waals surface area contributed by atoms with Crippen molar-refractivity contribution in [1.29, 1.82) is 0 Å². The van der Waals surface area contributed by atoms with E-state index < -0.39 is 0 Å². The second-order valence-corrected chi connectivity index (χ2v) is 5.96. The van der Waals surface area contributed by atoms with Crippen LogP contribution in [-0.4, -0.2) is 44.6 Å². The zero-order valence-corrected chi connectivity index (χ0v) is 12.7. The van der Waals surface area contributed by atoms with Crippen LogP contribution in [0.15, 0.2) is 6.20 Å². The number of nitrogens with zero attached hydrogens (tertiary/aromatic N) is 4. The Morgan fingerprint density at radius 3 is 3.00 bits per heavy atom. The zero-order valence-electron chi connectivity index (χ0n) is 12.7. The van der Waals surface area contributed by atoms with Crippen molar-refractivity contribution in [1.82, 2.24) is 19.9 Å². The van der Waals surface area contributed by atoms with Crippen molar-refractivity contribution < 1.29 is 5.11 Å². The molecule has 2 rings (SSSR count). The summed E-state index contributed by atoms with van der Waals surface area (Å²) in [6, 6.07) is 0. The summed E-state index contributed by atoms with van der Waals surface area (Å²) in [5.41, 5.74) is 0.664. The SMILES string of the molecule is CCCCCCN1CCCC(Cn2cc(CO)nn2)C1. The van der Waals surface area contributed by atoms with Gasteiger partial charge in [-0.1, -0.05) is 31.4 Å². The molecule has 1 aliphatic heterocycles. The lowest BCUT2D eigenvalue weighted by atomic mass is 9.97. The molecule has 1 N–H and O–H groups in total. The smallest absolute Gasteiger partial charge is 0.108 e. The number of unbranched alkanes of at least 4 members (excludes halogenated alkanes) is 3. The summed E-state index contributed by atoms with van der Waals surface area (Å²) < 4.78 is 1.89. The average molecular weight is 280 g/mol. The number of hydrogen-bond donors (Lipinski definition) is 1. The number of rotatable bonds is 8. The second kappa shape index (κ2) is 8.37. The van der Waals surface area contributed by atoms with E-state index >= 15 is 0 Å². The number of aliphatic hydroxyl groups excluding tert-OH is 1. The van der Waals surface area contributed by atoms with Gasteiger partial charge in [-0.3, -0.25) is 4.68 Å². The first-order valence-electron chi connectivity index (χ1n) is 8.04. The van der Waals surface area contributed by atoms with Gasteiger partial charge in [0.2, 0.25) is 0 Å². The fraction of sp³-hybridized carbons (Fsp3) is 0.867. The largest absolute Gasteiger partial charge is 0.390 e. The molecule has 0 aliphatic carbocycles. The molecule has 1 unspecified atom stereocenters. The zero-order chi connectivity index (χ0) is 14.2. The van der Waals surface area contributed by atoms with Gasteiger partial charge in [0.1, 0.15) is 5.69 Å². The Kier molecular flexibility index (Phi) is 6.47. The van der Waals surface area contributed by atoms with Gasteiger partial charge >= 0.3 is 0 Å². The second-order valence-electron chi connectivity index (χ2n) is 5.96. The number of piperidine rings is 1. The van der Waals surface area contributed by atoms with Crippen LogP contribution in [0.1, 0.15) is 51.1 Å². The van der Waals surface area contributed by atoms with Gasteiger partial charge in [0.05, 0.1) is 12.8 Å². The van der Waals surface area contributed by atoms with Crippen molar-refractivity contribution in [2.24, 2.45) is 5.92 Å². The summed E-state index contributed by atoms with van der Waals surface area (Å²) in [5.74, 6) is 0.670. The molecule has 5 heteroatoms. The lowest BCUT2D eigenvalue weighted by molar-refractivity contribution is 0.157. The van der Waals surface area contributed by atoms with Crippen molar-refractivity contribution in [3.8, 4) is 0 Å². The minimum Gasteiger partial charge on any atom is -0.390 e. The normalized spacial score (nSPS) is 20.4. The Labute approximate surface area is 122 Å². The van der Waals surface area contributed by atoms with Gasteiger partial charge in [0.15, 0.2) is 0 Å². The third kappa shape index (κ3) is 4.87. The quantitative estimate of drug-likeness (QED) is 0.741. The van der Waals surface area contributed by atoms with E-state index in [4.69, 9.17) is 5.11 Å². The van der Waals surface area contributed by atoms with Crippen molar-refractivity contribution >= 4 is 0 Å². The Hall–Kier alpha value is -0.940. The van der Waals surface area contributed by atoms with Crippen molar-refractivity contribution in [3.63, 3.8) is 0 Å². The fourth-order valence-electron chi connectivity index (χ4n) is 3.03. The summed E-state index contributed by atoms with van der Waals surface area (Å²) in [4.78, 5) is 2.60. The van der Waals surface area contributed by atoms with E-state index in [1.165, 1.54) is 58.2 Å². The Morgan fingerprint density at radius 1 is 1.35 bits per heavy atom. The molecule has 5 nitrogen and oxygen atoms in total. The first kappa shape index (κ1) is 15.4. The third-order valence-electron chi connectivity index (χ3n) is 4.12. The predicted octanol–water partition coefficient (Wildman–Crippen LogP) is 2.06. The van der Waals surface area contributed by atoms with Crippen LogP contribution < -0.4 is 0 Å². The summed E-state index contributed by atoms with van der Waals surface area (Å²) >= 11 is 0. The highest BCUT2D eigenvalue weighted by atomic mass is 16.3. The molecule has 20 heavy (non-hydrogen) atoms. The highest BCUT2D eigenvalue weighted by molar-refractivity contribution is 4.89. The van der Waals surface area contributed by atoms with Gasteiger partial charge in [-0.15, -0.1) is 5.10 Å². The van der Waals surface area contributed by atoms with Crippen molar-refractivity contribution in [3.05, 3.63) is 11.9 Å². The molecule has 0 spiro atoms. The Morgan fingerprint density at radius 2 is 2.25 bits per heavy atom.